The molecule has 0 aliphatic carbocycles. The molecule has 0 aromatic heterocycles. The van der Waals surface area contributed by atoms with Crippen LogP contribution in [0.25, 0.3) is 0 Å². The van der Waals surface area contributed by atoms with E-state index in [1.54, 1.807) is 0 Å². The van der Waals surface area contributed by atoms with Crippen LogP contribution in [0.15, 0.2) is 0 Å². The molecule has 1 rings (SSSR count). The number of nitrogens with one attached hydrogen (secondary N) is 1. The van der Waals surface area contributed by atoms with Crippen LogP contribution in [0.2, 0.25) is 0 Å². The Morgan fingerprint density at radius 2 is 2.00 bits per heavy atom. The highest BCUT2D eigenvalue weighted by molar-refractivity contribution is 5.82. The van der Waals surface area contributed by atoms with Crippen LogP contribution in [0.3, 0.4) is 0 Å². The van der Waals surface area contributed by atoms with E-state index in [-0.39, 0.29) is 17.7 Å². The SMILES string of the molecule is CC1(C(=O)NCCCCCCC(=O)O)CCCOC1. The molecule has 19 heavy (non-hydrogen) atoms. The van der Waals surface area contributed by atoms with Crippen LogP contribution in [0.1, 0.15) is 51.9 Å². The van der Waals surface area contributed by atoms with Crippen molar-refractivity contribution in [2.45, 2.75) is 51.9 Å². The van der Waals surface area contributed by atoms with Crippen molar-refractivity contribution in [3.05, 3.63) is 0 Å². The number of carboxylic acids is 1. The summed E-state index contributed by atoms with van der Waals surface area (Å²) in [7, 11) is 0. The van der Waals surface area contributed by atoms with Gasteiger partial charge in [0.1, 0.15) is 0 Å². The molecule has 2 N–H and O–H groups in total. The zero-order chi connectivity index (χ0) is 14.1. The van der Waals surface area contributed by atoms with Gasteiger partial charge in [0.25, 0.3) is 0 Å². The topological polar surface area (TPSA) is 75.6 Å². The highest BCUT2D eigenvalue weighted by atomic mass is 16.5. The number of unbranched alkanes of at least 4 members (excludes halogenated alkanes) is 3. The van der Waals surface area contributed by atoms with E-state index in [0.717, 1.165) is 45.1 Å². The van der Waals surface area contributed by atoms with E-state index in [9.17, 15) is 9.59 Å². The molecule has 110 valence electrons. The summed E-state index contributed by atoms with van der Waals surface area (Å²) >= 11 is 0. The van der Waals surface area contributed by atoms with Gasteiger partial charge < -0.3 is 15.2 Å². The molecule has 5 heteroatoms. The van der Waals surface area contributed by atoms with Crippen LogP contribution < -0.4 is 5.32 Å². The van der Waals surface area contributed by atoms with Crippen molar-refractivity contribution in [1.29, 1.82) is 0 Å². The lowest BCUT2D eigenvalue weighted by Gasteiger charge is -2.31. The van der Waals surface area contributed by atoms with E-state index in [1.165, 1.54) is 0 Å². The first-order valence-electron chi connectivity index (χ1n) is 7.12. The number of carboxylic acid groups (broad SMARTS) is 1. The highest BCUT2D eigenvalue weighted by Gasteiger charge is 2.35. The van der Waals surface area contributed by atoms with Crippen molar-refractivity contribution < 1.29 is 19.4 Å². The third-order valence-corrected chi connectivity index (χ3v) is 3.59. The molecule has 0 saturated carbocycles. The molecule has 0 aromatic rings. The fourth-order valence-electron chi connectivity index (χ4n) is 2.28. The molecule has 1 heterocycles. The van der Waals surface area contributed by atoms with Gasteiger partial charge in [0.05, 0.1) is 12.0 Å². The van der Waals surface area contributed by atoms with Gasteiger partial charge in [0.15, 0.2) is 0 Å². The van der Waals surface area contributed by atoms with Crippen LogP contribution in [-0.2, 0) is 14.3 Å². The van der Waals surface area contributed by atoms with Gasteiger partial charge in [-0.2, -0.15) is 0 Å². The fraction of sp³-hybridized carbons (Fsp3) is 0.857. The monoisotopic (exact) mass is 271 g/mol. The second-order valence-electron chi connectivity index (χ2n) is 5.53. The lowest BCUT2D eigenvalue weighted by atomic mass is 9.84. The minimum atomic E-state index is -0.737. The molecule has 0 aromatic carbocycles. The van der Waals surface area contributed by atoms with E-state index in [0.29, 0.717) is 13.2 Å². The van der Waals surface area contributed by atoms with Crippen molar-refractivity contribution in [2.75, 3.05) is 19.8 Å². The van der Waals surface area contributed by atoms with Gasteiger partial charge in [0.2, 0.25) is 5.91 Å². The minimum Gasteiger partial charge on any atom is -0.481 e. The standard InChI is InChI=1S/C14H25NO4/c1-14(8-6-10-19-11-14)13(18)15-9-5-3-2-4-7-12(16)17/h2-11H2,1H3,(H,15,18)(H,16,17). The Morgan fingerprint density at radius 3 is 2.63 bits per heavy atom. The normalized spacial score (nSPS) is 23.0. The number of hydrogen-bond donors (Lipinski definition) is 2. The lowest BCUT2D eigenvalue weighted by molar-refractivity contribution is -0.138. The zero-order valence-electron chi connectivity index (χ0n) is 11.7. The first-order chi connectivity index (χ1) is 9.04. The predicted octanol–water partition coefficient (Wildman–Crippen LogP) is 1.95. The van der Waals surface area contributed by atoms with Gasteiger partial charge in [-0.15, -0.1) is 0 Å². The van der Waals surface area contributed by atoms with Crippen molar-refractivity contribution in [3.63, 3.8) is 0 Å². The van der Waals surface area contributed by atoms with Crippen molar-refractivity contribution in [1.82, 2.24) is 5.32 Å². The zero-order valence-corrected chi connectivity index (χ0v) is 11.7. The second kappa shape index (κ2) is 8.15. The van der Waals surface area contributed by atoms with E-state index in [1.807, 2.05) is 6.92 Å². The van der Waals surface area contributed by atoms with Crippen LogP contribution in [-0.4, -0.2) is 36.7 Å². The van der Waals surface area contributed by atoms with Gasteiger partial charge in [0, 0.05) is 19.6 Å². The molecule has 0 bridgehead atoms. The molecule has 1 aliphatic rings. The Bertz CT molecular complexity index is 298. The van der Waals surface area contributed by atoms with E-state index < -0.39 is 5.97 Å². The Morgan fingerprint density at radius 1 is 1.26 bits per heavy atom. The summed E-state index contributed by atoms with van der Waals surface area (Å²) < 4.78 is 5.37. The quantitative estimate of drug-likeness (QED) is 0.662. The number of rotatable bonds is 8. The first-order valence-corrected chi connectivity index (χ1v) is 7.12. The number of aliphatic carboxylic acids is 1. The maximum Gasteiger partial charge on any atom is 0.303 e. The van der Waals surface area contributed by atoms with Crippen molar-refractivity contribution in [3.8, 4) is 0 Å². The van der Waals surface area contributed by atoms with Gasteiger partial charge in [-0.3, -0.25) is 9.59 Å². The molecular weight excluding hydrogens is 246 g/mol. The number of hydrogen-bond acceptors (Lipinski definition) is 3. The Balaban J connectivity index is 2.05. The number of ether oxygens (including phenoxy) is 1. The van der Waals surface area contributed by atoms with E-state index >= 15 is 0 Å². The summed E-state index contributed by atoms with van der Waals surface area (Å²) in [5, 5.41) is 11.5. The number of carbonyl (C=O) groups excluding carboxylic acids is 1. The molecule has 1 atom stereocenters. The first kappa shape index (κ1) is 16.0. The fourth-order valence-corrected chi connectivity index (χ4v) is 2.28. The van der Waals surface area contributed by atoms with Gasteiger partial charge in [-0.05, 0) is 32.6 Å². The summed E-state index contributed by atoms with van der Waals surface area (Å²) in [6.45, 7) is 3.89. The smallest absolute Gasteiger partial charge is 0.303 e. The largest absolute Gasteiger partial charge is 0.481 e. The number of amides is 1. The summed E-state index contributed by atoms with van der Waals surface area (Å²) in [5.74, 6) is -0.656. The molecule has 5 nitrogen and oxygen atoms in total. The second-order valence-corrected chi connectivity index (χ2v) is 5.53. The van der Waals surface area contributed by atoms with E-state index in [2.05, 4.69) is 5.32 Å². The predicted molar refractivity (Wildman–Crippen MR) is 71.9 cm³/mol. The summed E-state index contributed by atoms with van der Waals surface area (Å²) in [6.07, 6.45) is 5.55. The molecule has 1 aliphatic heterocycles. The summed E-state index contributed by atoms with van der Waals surface area (Å²) in [5.41, 5.74) is -0.373. The molecular formula is C14H25NO4. The highest BCUT2D eigenvalue weighted by Crippen LogP contribution is 2.27. The van der Waals surface area contributed by atoms with E-state index in [4.69, 9.17) is 9.84 Å². The third kappa shape index (κ3) is 6.05. The van der Waals surface area contributed by atoms with Gasteiger partial charge in [-0.25, -0.2) is 0 Å². The average Bonchev–Trinajstić information content (AvgIpc) is 2.38. The molecule has 1 unspecified atom stereocenters. The Hall–Kier alpha value is -1.10. The molecule has 1 amide bonds. The molecule has 1 saturated heterocycles. The van der Waals surface area contributed by atoms with Crippen LogP contribution >= 0.6 is 0 Å². The lowest BCUT2D eigenvalue weighted by Crippen LogP contribution is -2.44. The van der Waals surface area contributed by atoms with Crippen LogP contribution in [0.5, 0.6) is 0 Å². The molecule has 0 spiro atoms. The molecule has 0 radical (unpaired) electrons. The van der Waals surface area contributed by atoms with Crippen molar-refractivity contribution >= 4 is 11.9 Å². The van der Waals surface area contributed by atoms with Crippen LogP contribution in [0, 0.1) is 5.41 Å². The maximum absolute atomic E-state index is 12.0. The average molecular weight is 271 g/mol. The molecule has 1 fully saturated rings. The number of carbonyl (C=O) groups is 2. The maximum atomic E-state index is 12.0. The van der Waals surface area contributed by atoms with Gasteiger partial charge >= 0.3 is 5.97 Å². The minimum absolute atomic E-state index is 0.0812. The van der Waals surface area contributed by atoms with Crippen molar-refractivity contribution in [2.24, 2.45) is 5.41 Å². The third-order valence-electron chi connectivity index (χ3n) is 3.59. The Labute approximate surface area is 114 Å². The van der Waals surface area contributed by atoms with Crippen LogP contribution in [0.4, 0.5) is 0 Å². The van der Waals surface area contributed by atoms with Gasteiger partial charge in [-0.1, -0.05) is 12.8 Å². The summed E-state index contributed by atoms with van der Waals surface area (Å²) in [4.78, 5) is 22.3. The summed E-state index contributed by atoms with van der Waals surface area (Å²) in [6, 6.07) is 0. The Kier molecular flexibility index (Phi) is 6.84.